The number of benzene rings is 1. The number of anilines is 1. The maximum absolute atomic E-state index is 13.2. The topological polar surface area (TPSA) is 75.4 Å². The molecule has 0 spiro atoms. The number of nitrogens with zero attached hydrogens (tertiary/aromatic N) is 1. The van der Waals surface area contributed by atoms with Gasteiger partial charge < -0.3 is 10.4 Å². The monoisotopic (exact) mass is 308 g/mol. The molecule has 1 rings (SSSR count). The van der Waals surface area contributed by atoms with E-state index in [-0.39, 0.29) is 17.3 Å². The zero-order valence-corrected chi connectivity index (χ0v) is 12.0. The Morgan fingerprint density at radius 3 is 2.79 bits per heavy atom. The zero-order valence-electron chi connectivity index (χ0n) is 10.4. The molecule has 5 nitrogen and oxygen atoms in total. The number of nitro benzene ring substituents is 1. The molecule has 0 heterocycles. The van der Waals surface area contributed by atoms with Gasteiger partial charge in [-0.2, -0.15) is 11.8 Å². The van der Waals surface area contributed by atoms with Gasteiger partial charge in [-0.15, -0.1) is 0 Å². The summed E-state index contributed by atoms with van der Waals surface area (Å²) < 4.78 is 13.2. The first-order chi connectivity index (χ1) is 8.76. The minimum Gasteiger partial charge on any atom is -0.387 e. The highest BCUT2D eigenvalue weighted by Crippen LogP contribution is 2.30. The quantitative estimate of drug-likeness (QED) is 0.624. The van der Waals surface area contributed by atoms with Crippen molar-refractivity contribution >= 4 is 34.7 Å². The summed E-state index contributed by atoms with van der Waals surface area (Å²) in [6.07, 6.45) is 1.84. The lowest BCUT2D eigenvalue weighted by molar-refractivity contribution is -0.384. The third-order valence-electron chi connectivity index (χ3n) is 2.35. The molecular formula is C11H14ClFN2O3S. The molecule has 0 aliphatic rings. The smallest absolute Gasteiger partial charge is 0.295 e. The van der Waals surface area contributed by atoms with Crippen LogP contribution in [0.4, 0.5) is 15.8 Å². The molecule has 0 fully saturated rings. The number of rotatable bonds is 6. The van der Waals surface area contributed by atoms with Crippen LogP contribution in [0.15, 0.2) is 12.1 Å². The number of halogens is 2. The Labute approximate surface area is 119 Å². The van der Waals surface area contributed by atoms with Gasteiger partial charge in [0.05, 0.1) is 21.6 Å². The standard InChI is InChI=1S/C11H14ClFN2O3S/c1-11(16,6-19-2)5-14-9-3-7(12)8(13)4-10(9)15(17)18/h3-4,14,16H,5-6H2,1-2H3. The second-order valence-electron chi connectivity index (χ2n) is 4.32. The maximum Gasteiger partial charge on any atom is 0.295 e. The molecular weight excluding hydrogens is 295 g/mol. The Bertz CT molecular complexity index is 485. The lowest BCUT2D eigenvalue weighted by Gasteiger charge is -2.23. The Morgan fingerprint density at radius 2 is 2.26 bits per heavy atom. The Morgan fingerprint density at radius 1 is 1.63 bits per heavy atom. The van der Waals surface area contributed by atoms with Crippen molar-refractivity contribution in [2.75, 3.05) is 23.9 Å². The van der Waals surface area contributed by atoms with Gasteiger partial charge in [0.2, 0.25) is 0 Å². The van der Waals surface area contributed by atoms with Crippen LogP contribution in [0.2, 0.25) is 5.02 Å². The number of hydrogen-bond acceptors (Lipinski definition) is 5. The molecule has 1 aromatic rings. The van der Waals surface area contributed by atoms with Crippen LogP contribution in [-0.2, 0) is 0 Å². The van der Waals surface area contributed by atoms with Gasteiger partial charge in [-0.25, -0.2) is 4.39 Å². The van der Waals surface area contributed by atoms with Gasteiger partial charge in [-0.05, 0) is 19.2 Å². The predicted octanol–water partition coefficient (Wildman–Crippen LogP) is 2.91. The van der Waals surface area contributed by atoms with Crippen LogP contribution in [0.25, 0.3) is 0 Å². The fraction of sp³-hybridized carbons (Fsp3) is 0.455. The molecule has 19 heavy (non-hydrogen) atoms. The summed E-state index contributed by atoms with van der Waals surface area (Å²) in [6.45, 7) is 1.70. The lowest BCUT2D eigenvalue weighted by Crippen LogP contribution is -2.36. The van der Waals surface area contributed by atoms with Crippen LogP contribution in [0.1, 0.15) is 6.92 Å². The van der Waals surface area contributed by atoms with Crippen molar-refractivity contribution in [1.82, 2.24) is 0 Å². The van der Waals surface area contributed by atoms with E-state index >= 15 is 0 Å². The second kappa shape index (κ2) is 6.40. The first-order valence-electron chi connectivity index (χ1n) is 5.35. The van der Waals surface area contributed by atoms with Crippen molar-refractivity contribution in [1.29, 1.82) is 0 Å². The van der Waals surface area contributed by atoms with Gasteiger partial charge in [0, 0.05) is 12.3 Å². The highest BCUT2D eigenvalue weighted by molar-refractivity contribution is 7.98. The second-order valence-corrected chi connectivity index (χ2v) is 5.60. The van der Waals surface area contributed by atoms with Crippen LogP contribution in [-0.4, -0.2) is 34.2 Å². The first kappa shape index (κ1) is 16.0. The predicted molar refractivity (Wildman–Crippen MR) is 75.6 cm³/mol. The molecule has 1 unspecified atom stereocenters. The van der Waals surface area contributed by atoms with Gasteiger partial charge in [-0.3, -0.25) is 10.1 Å². The summed E-state index contributed by atoms with van der Waals surface area (Å²) >= 11 is 7.05. The number of thioether (sulfide) groups is 1. The molecule has 2 N–H and O–H groups in total. The summed E-state index contributed by atoms with van der Waals surface area (Å²) in [7, 11) is 0. The van der Waals surface area contributed by atoms with Crippen molar-refractivity contribution in [3.63, 3.8) is 0 Å². The maximum atomic E-state index is 13.2. The molecule has 0 aliphatic carbocycles. The fourth-order valence-electron chi connectivity index (χ4n) is 1.48. The van der Waals surface area contributed by atoms with E-state index in [0.29, 0.717) is 5.75 Å². The highest BCUT2D eigenvalue weighted by Gasteiger charge is 2.23. The van der Waals surface area contributed by atoms with E-state index in [2.05, 4.69) is 5.32 Å². The van der Waals surface area contributed by atoms with Gasteiger partial charge in [0.15, 0.2) is 0 Å². The summed E-state index contributed by atoms with van der Waals surface area (Å²) in [6, 6.07) is 1.90. The van der Waals surface area contributed by atoms with E-state index in [4.69, 9.17) is 11.6 Å². The van der Waals surface area contributed by atoms with Gasteiger partial charge in [0.1, 0.15) is 11.5 Å². The van der Waals surface area contributed by atoms with Crippen LogP contribution >= 0.6 is 23.4 Å². The zero-order chi connectivity index (χ0) is 14.6. The van der Waals surface area contributed by atoms with E-state index in [9.17, 15) is 19.6 Å². The highest BCUT2D eigenvalue weighted by atomic mass is 35.5. The normalized spacial score (nSPS) is 13.9. The van der Waals surface area contributed by atoms with E-state index in [1.807, 2.05) is 6.26 Å². The van der Waals surface area contributed by atoms with Crippen molar-refractivity contribution < 1.29 is 14.4 Å². The molecule has 0 radical (unpaired) electrons. The molecule has 0 bridgehead atoms. The molecule has 0 amide bonds. The molecule has 0 aliphatic heterocycles. The minimum absolute atomic E-state index is 0.0813. The SMILES string of the molecule is CSCC(C)(O)CNc1cc(Cl)c(F)cc1[N+](=O)[O-]. The molecule has 0 saturated heterocycles. The average molecular weight is 309 g/mol. The molecule has 0 aromatic heterocycles. The summed E-state index contributed by atoms with van der Waals surface area (Å²) in [5.41, 5.74) is -1.37. The van der Waals surface area contributed by atoms with Crippen molar-refractivity contribution in [3.8, 4) is 0 Å². The van der Waals surface area contributed by atoms with Gasteiger partial charge in [-0.1, -0.05) is 11.6 Å². The molecule has 8 heteroatoms. The number of hydrogen-bond donors (Lipinski definition) is 2. The van der Waals surface area contributed by atoms with E-state index in [1.165, 1.54) is 11.8 Å². The largest absolute Gasteiger partial charge is 0.387 e. The van der Waals surface area contributed by atoms with Crippen LogP contribution in [0, 0.1) is 15.9 Å². The van der Waals surface area contributed by atoms with E-state index < -0.39 is 22.0 Å². The van der Waals surface area contributed by atoms with Gasteiger partial charge >= 0.3 is 0 Å². The van der Waals surface area contributed by atoms with E-state index in [0.717, 1.165) is 12.1 Å². The Kier molecular flexibility index (Phi) is 5.39. The summed E-state index contributed by atoms with van der Waals surface area (Å²) in [5.74, 6) is -0.391. The minimum atomic E-state index is -1.03. The summed E-state index contributed by atoms with van der Waals surface area (Å²) in [4.78, 5) is 10.1. The third-order valence-corrected chi connectivity index (χ3v) is 3.55. The van der Waals surface area contributed by atoms with Crippen molar-refractivity contribution in [2.45, 2.75) is 12.5 Å². The molecule has 1 aromatic carbocycles. The van der Waals surface area contributed by atoms with Gasteiger partial charge in [0.25, 0.3) is 5.69 Å². The van der Waals surface area contributed by atoms with Crippen LogP contribution in [0.5, 0.6) is 0 Å². The fourth-order valence-corrected chi connectivity index (χ4v) is 2.36. The molecule has 0 saturated carbocycles. The van der Waals surface area contributed by atoms with Crippen LogP contribution < -0.4 is 5.32 Å². The number of nitrogens with one attached hydrogen (secondary N) is 1. The summed E-state index contributed by atoms with van der Waals surface area (Å²) in [5, 5.41) is 23.3. The molecule has 106 valence electrons. The first-order valence-corrected chi connectivity index (χ1v) is 7.12. The Hall–Kier alpha value is -1.05. The Balaban J connectivity index is 2.94. The lowest BCUT2D eigenvalue weighted by atomic mass is 10.1. The average Bonchev–Trinajstić information content (AvgIpc) is 2.30. The molecule has 1 atom stereocenters. The third kappa shape index (κ3) is 4.52. The van der Waals surface area contributed by atoms with E-state index in [1.54, 1.807) is 6.92 Å². The number of aliphatic hydroxyl groups is 1. The van der Waals surface area contributed by atoms with Crippen LogP contribution in [0.3, 0.4) is 0 Å². The number of nitro groups is 1. The van der Waals surface area contributed by atoms with Crippen molar-refractivity contribution in [3.05, 3.63) is 33.1 Å². The van der Waals surface area contributed by atoms with Crippen molar-refractivity contribution in [2.24, 2.45) is 0 Å².